The van der Waals surface area contributed by atoms with Crippen LogP contribution in [0.2, 0.25) is 0 Å². The maximum absolute atomic E-state index is 10.6. The van der Waals surface area contributed by atoms with E-state index in [1.54, 1.807) is 7.11 Å². The van der Waals surface area contributed by atoms with Crippen molar-refractivity contribution in [2.45, 2.75) is 18.9 Å². The van der Waals surface area contributed by atoms with E-state index in [4.69, 9.17) is 14.6 Å². The number of aliphatic carboxylic acids is 1. The highest BCUT2D eigenvalue weighted by molar-refractivity contribution is 5.67. The molecule has 1 N–H and O–H groups in total. The summed E-state index contributed by atoms with van der Waals surface area (Å²) in [5, 5.41) is 8.73. The molecule has 0 fully saturated rings. The number of likely N-dealkylation sites (N-methyl/N-ethyl adjacent to an activating group) is 1. The first-order valence-electron chi connectivity index (χ1n) is 5.87. The Bertz CT molecular complexity index is 447. The van der Waals surface area contributed by atoms with Gasteiger partial charge in [-0.3, -0.25) is 4.79 Å². The minimum Gasteiger partial charge on any atom is -0.497 e. The smallest absolute Gasteiger partial charge is 0.303 e. The van der Waals surface area contributed by atoms with Crippen molar-refractivity contribution in [3.8, 4) is 11.5 Å². The van der Waals surface area contributed by atoms with Gasteiger partial charge in [0.05, 0.1) is 18.8 Å². The second-order valence-electron chi connectivity index (χ2n) is 4.34. The van der Waals surface area contributed by atoms with E-state index in [1.165, 1.54) is 0 Å². The number of carboxylic acid groups (broad SMARTS) is 1. The van der Waals surface area contributed by atoms with E-state index in [-0.39, 0.29) is 12.5 Å². The van der Waals surface area contributed by atoms with Crippen molar-refractivity contribution in [1.29, 1.82) is 0 Å². The molecule has 1 unspecified atom stereocenters. The van der Waals surface area contributed by atoms with E-state index in [1.807, 2.05) is 25.2 Å². The van der Waals surface area contributed by atoms with Crippen molar-refractivity contribution in [3.63, 3.8) is 0 Å². The molecule has 1 aromatic rings. The quantitative estimate of drug-likeness (QED) is 0.883. The van der Waals surface area contributed by atoms with Crippen molar-refractivity contribution in [3.05, 3.63) is 18.2 Å². The Kier molecular flexibility index (Phi) is 3.60. The fourth-order valence-corrected chi connectivity index (χ4v) is 2.08. The fraction of sp³-hybridized carbons (Fsp3) is 0.462. The molecule has 1 aromatic carbocycles. The van der Waals surface area contributed by atoms with Gasteiger partial charge in [0.25, 0.3) is 0 Å². The Labute approximate surface area is 106 Å². The topological polar surface area (TPSA) is 59.0 Å². The van der Waals surface area contributed by atoms with E-state index >= 15 is 0 Å². The fourth-order valence-electron chi connectivity index (χ4n) is 2.08. The lowest BCUT2D eigenvalue weighted by Crippen LogP contribution is -2.40. The number of fused-ring (bicyclic) bond motifs is 1. The Morgan fingerprint density at radius 3 is 3.06 bits per heavy atom. The minimum absolute atomic E-state index is 0.0840. The standard InChI is InChI=1S/C13H17NO4/c1-14-9(3-6-13(15)16)8-18-12-5-4-10(17-2)7-11(12)14/h4-5,7,9H,3,6,8H2,1-2H3,(H,15,16). The molecule has 0 radical (unpaired) electrons. The Hall–Kier alpha value is -1.91. The number of hydrogen-bond donors (Lipinski definition) is 1. The van der Waals surface area contributed by atoms with Gasteiger partial charge in [0.15, 0.2) is 0 Å². The van der Waals surface area contributed by atoms with E-state index in [0.717, 1.165) is 17.2 Å². The molecule has 2 rings (SSSR count). The molecule has 0 saturated heterocycles. The summed E-state index contributed by atoms with van der Waals surface area (Å²) in [6.45, 7) is 0.517. The van der Waals surface area contributed by atoms with Gasteiger partial charge in [-0.25, -0.2) is 0 Å². The first kappa shape index (κ1) is 12.5. The molecule has 0 aromatic heterocycles. The summed E-state index contributed by atoms with van der Waals surface area (Å²) in [5.41, 5.74) is 0.941. The summed E-state index contributed by atoms with van der Waals surface area (Å²) in [6.07, 6.45) is 0.722. The molecule has 0 saturated carbocycles. The number of carboxylic acids is 1. The summed E-state index contributed by atoms with van der Waals surface area (Å²) in [5.74, 6) is 0.799. The molecular weight excluding hydrogens is 234 g/mol. The summed E-state index contributed by atoms with van der Waals surface area (Å²) in [4.78, 5) is 12.7. The van der Waals surface area contributed by atoms with Crippen LogP contribution in [0.3, 0.4) is 0 Å². The van der Waals surface area contributed by atoms with Crippen LogP contribution in [0.25, 0.3) is 0 Å². The van der Waals surface area contributed by atoms with Crippen LogP contribution in [0.5, 0.6) is 11.5 Å². The molecule has 5 nitrogen and oxygen atoms in total. The molecule has 1 heterocycles. The lowest BCUT2D eigenvalue weighted by atomic mass is 10.1. The van der Waals surface area contributed by atoms with Crippen LogP contribution in [-0.2, 0) is 4.79 Å². The van der Waals surface area contributed by atoms with Gasteiger partial charge in [-0.1, -0.05) is 0 Å². The zero-order chi connectivity index (χ0) is 13.1. The van der Waals surface area contributed by atoms with Gasteiger partial charge in [-0.15, -0.1) is 0 Å². The van der Waals surface area contributed by atoms with Crippen LogP contribution >= 0.6 is 0 Å². The highest BCUT2D eigenvalue weighted by Crippen LogP contribution is 2.36. The average molecular weight is 251 g/mol. The first-order chi connectivity index (χ1) is 8.61. The zero-order valence-electron chi connectivity index (χ0n) is 10.5. The normalized spacial score (nSPS) is 17.9. The summed E-state index contributed by atoms with van der Waals surface area (Å²) < 4.78 is 10.8. The van der Waals surface area contributed by atoms with Crippen molar-refractivity contribution in [1.82, 2.24) is 0 Å². The lowest BCUT2D eigenvalue weighted by Gasteiger charge is -2.35. The van der Waals surface area contributed by atoms with E-state index < -0.39 is 5.97 Å². The van der Waals surface area contributed by atoms with Gasteiger partial charge in [0, 0.05) is 19.5 Å². The van der Waals surface area contributed by atoms with Crippen LogP contribution in [0, 0.1) is 0 Å². The predicted molar refractivity (Wildman–Crippen MR) is 67.5 cm³/mol. The van der Waals surface area contributed by atoms with Gasteiger partial charge >= 0.3 is 5.97 Å². The van der Waals surface area contributed by atoms with Crippen LogP contribution in [0.15, 0.2) is 18.2 Å². The average Bonchev–Trinajstić information content (AvgIpc) is 2.37. The van der Waals surface area contributed by atoms with E-state index in [9.17, 15) is 4.79 Å². The summed E-state index contributed by atoms with van der Waals surface area (Å²) >= 11 is 0. The highest BCUT2D eigenvalue weighted by atomic mass is 16.5. The third-order valence-corrected chi connectivity index (χ3v) is 3.22. The lowest BCUT2D eigenvalue weighted by molar-refractivity contribution is -0.137. The van der Waals surface area contributed by atoms with Crippen molar-refractivity contribution in [2.75, 3.05) is 25.7 Å². The van der Waals surface area contributed by atoms with E-state index in [0.29, 0.717) is 13.0 Å². The number of carbonyl (C=O) groups is 1. The number of rotatable bonds is 4. The zero-order valence-corrected chi connectivity index (χ0v) is 10.5. The number of nitrogens with zero attached hydrogens (tertiary/aromatic N) is 1. The highest BCUT2D eigenvalue weighted by Gasteiger charge is 2.25. The predicted octanol–water partition coefficient (Wildman–Crippen LogP) is 1.76. The molecule has 1 atom stereocenters. The molecule has 0 aliphatic carbocycles. The number of ether oxygens (including phenoxy) is 2. The minimum atomic E-state index is -0.778. The molecule has 0 bridgehead atoms. The molecular formula is C13H17NO4. The second kappa shape index (κ2) is 5.16. The number of anilines is 1. The maximum atomic E-state index is 10.6. The van der Waals surface area contributed by atoms with Gasteiger partial charge in [0.2, 0.25) is 0 Å². The van der Waals surface area contributed by atoms with Crippen LogP contribution in [-0.4, -0.2) is 37.9 Å². The van der Waals surface area contributed by atoms with Gasteiger partial charge in [-0.2, -0.15) is 0 Å². The SMILES string of the molecule is COc1ccc2c(c1)N(C)C(CCC(=O)O)CO2. The number of methoxy groups -OCH3 is 1. The molecule has 18 heavy (non-hydrogen) atoms. The van der Waals surface area contributed by atoms with Crippen LogP contribution < -0.4 is 14.4 Å². The van der Waals surface area contributed by atoms with Crippen molar-refractivity contribution < 1.29 is 19.4 Å². The molecule has 1 aliphatic rings. The molecule has 0 amide bonds. The molecule has 5 heteroatoms. The summed E-state index contributed by atoms with van der Waals surface area (Å²) in [6, 6.07) is 5.71. The Balaban J connectivity index is 2.15. The Morgan fingerprint density at radius 1 is 1.61 bits per heavy atom. The second-order valence-corrected chi connectivity index (χ2v) is 4.34. The van der Waals surface area contributed by atoms with Crippen molar-refractivity contribution >= 4 is 11.7 Å². The van der Waals surface area contributed by atoms with Gasteiger partial charge in [-0.05, 0) is 18.6 Å². The molecule has 98 valence electrons. The van der Waals surface area contributed by atoms with Crippen LogP contribution in [0.1, 0.15) is 12.8 Å². The number of benzene rings is 1. The third-order valence-electron chi connectivity index (χ3n) is 3.22. The number of hydrogen-bond acceptors (Lipinski definition) is 4. The maximum Gasteiger partial charge on any atom is 0.303 e. The van der Waals surface area contributed by atoms with Crippen LogP contribution in [0.4, 0.5) is 5.69 Å². The molecule has 1 aliphatic heterocycles. The van der Waals surface area contributed by atoms with E-state index in [2.05, 4.69) is 4.90 Å². The summed E-state index contributed by atoms with van der Waals surface area (Å²) in [7, 11) is 3.57. The first-order valence-corrected chi connectivity index (χ1v) is 5.87. The van der Waals surface area contributed by atoms with Crippen molar-refractivity contribution in [2.24, 2.45) is 0 Å². The van der Waals surface area contributed by atoms with Gasteiger partial charge in [0.1, 0.15) is 18.1 Å². The largest absolute Gasteiger partial charge is 0.497 e. The monoisotopic (exact) mass is 251 g/mol. The third kappa shape index (κ3) is 2.50. The molecule has 0 spiro atoms. The van der Waals surface area contributed by atoms with Gasteiger partial charge < -0.3 is 19.5 Å². The Morgan fingerprint density at radius 2 is 2.39 bits per heavy atom.